The molecular formula is C14H18O4. The predicted molar refractivity (Wildman–Crippen MR) is 66.6 cm³/mol. The lowest BCUT2D eigenvalue weighted by atomic mass is 9.74. The molecule has 1 saturated heterocycles. The van der Waals surface area contributed by atoms with E-state index in [1.165, 1.54) is 0 Å². The molecule has 3 unspecified atom stereocenters. The molecule has 0 bridgehead atoms. The van der Waals surface area contributed by atoms with E-state index in [9.17, 15) is 9.90 Å². The first-order valence-corrected chi connectivity index (χ1v) is 6.06. The van der Waals surface area contributed by atoms with Gasteiger partial charge in [-0.25, -0.2) is 0 Å². The molecule has 2 rings (SSSR count). The average molecular weight is 250 g/mol. The van der Waals surface area contributed by atoms with Gasteiger partial charge in [0, 0.05) is 13.7 Å². The summed E-state index contributed by atoms with van der Waals surface area (Å²) in [6.07, 6.45) is 0.128. The summed E-state index contributed by atoms with van der Waals surface area (Å²) in [6, 6.07) is 9.28. The molecule has 98 valence electrons. The third-order valence-corrected chi connectivity index (χ3v) is 3.57. The maximum Gasteiger partial charge on any atom is 0.316 e. The Morgan fingerprint density at radius 2 is 2.06 bits per heavy atom. The molecule has 1 aliphatic rings. The highest BCUT2D eigenvalue weighted by atomic mass is 16.6. The topological polar surface area (TPSA) is 59.1 Å². The second kappa shape index (κ2) is 5.08. The molecule has 0 aromatic heterocycles. The number of carbonyl (C=O) groups is 1. The summed E-state index contributed by atoms with van der Waals surface area (Å²) >= 11 is 0. The molecule has 0 radical (unpaired) electrons. The SMILES string of the molecule is COCCC(C(=O)O)(c1ccccc1)C1OC1C. The zero-order valence-corrected chi connectivity index (χ0v) is 10.6. The molecule has 1 heterocycles. The molecule has 1 fully saturated rings. The Bertz CT molecular complexity index is 417. The van der Waals surface area contributed by atoms with E-state index in [1.807, 2.05) is 37.3 Å². The Hall–Kier alpha value is -1.39. The molecule has 3 atom stereocenters. The van der Waals surface area contributed by atoms with Crippen molar-refractivity contribution in [3.05, 3.63) is 35.9 Å². The normalized spacial score (nSPS) is 25.4. The van der Waals surface area contributed by atoms with Crippen molar-refractivity contribution < 1.29 is 19.4 Å². The van der Waals surface area contributed by atoms with Gasteiger partial charge < -0.3 is 14.6 Å². The van der Waals surface area contributed by atoms with Crippen molar-refractivity contribution in [3.63, 3.8) is 0 Å². The fourth-order valence-electron chi connectivity index (χ4n) is 2.50. The van der Waals surface area contributed by atoms with Crippen LogP contribution in [0.2, 0.25) is 0 Å². The zero-order valence-electron chi connectivity index (χ0n) is 10.6. The van der Waals surface area contributed by atoms with Crippen LogP contribution in [-0.2, 0) is 19.7 Å². The molecule has 18 heavy (non-hydrogen) atoms. The van der Waals surface area contributed by atoms with E-state index >= 15 is 0 Å². The summed E-state index contributed by atoms with van der Waals surface area (Å²) in [4.78, 5) is 11.8. The van der Waals surface area contributed by atoms with Gasteiger partial charge in [-0.05, 0) is 18.9 Å². The highest BCUT2D eigenvalue weighted by Crippen LogP contribution is 2.44. The van der Waals surface area contributed by atoms with E-state index in [0.717, 1.165) is 5.56 Å². The fraction of sp³-hybridized carbons (Fsp3) is 0.500. The van der Waals surface area contributed by atoms with Crippen molar-refractivity contribution in [2.24, 2.45) is 0 Å². The van der Waals surface area contributed by atoms with Gasteiger partial charge in [0.25, 0.3) is 0 Å². The summed E-state index contributed by atoms with van der Waals surface area (Å²) in [5, 5.41) is 9.70. The maximum atomic E-state index is 11.8. The predicted octanol–water partition coefficient (Wildman–Crippen LogP) is 1.83. The molecule has 4 nitrogen and oxygen atoms in total. The first-order valence-electron chi connectivity index (χ1n) is 6.06. The highest BCUT2D eigenvalue weighted by molar-refractivity contribution is 5.83. The second-order valence-corrected chi connectivity index (χ2v) is 4.65. The summed E-state index contributed by atoms with van der Waals surface area (Å²) in [5.74, 6) is -0.847. The van der Waals surface area contributed by atoms with Gasteiger partial charge in [-0.2, -0.15) is 0 Å². The summed E-state index contributed by atoms with van der Waals surface area (Å²) in [5.41, 5.74) is -0.222. The third kappa shape index (κ3) is 2.13. The molecule has 0 aliphatic carbocycles. The standard InChI is InChI=1S/C14H18O4/c1-10-12(18-10)14(13(15)16,8-9-17-2)11-6-4-3-5-7-11/h3-7,10,12H,8-9H2,1-2H3,(H,15,16). The van der Waals surface area contributed by atoms with Gasteiger partial charge in [0.15, 0.2) is 0 Å². The van der Waals surface area contributed by atoms with E-state index in [-0.39, 0.29) is 12.2 Å². The lowest BCUT2D eigenvalue weighted by Crippen LogP contribution is -2.43. The first-order chi connectivity index (χ1) is 8.63. The van der Waals surface area contributed by atoms with Gasteiger partial charge in [0.2, 0.25) is 0 Å². The number of ether oxygens (including phenoxy) is 2. The smallest absolute Gasteiger partial charge is 0.316 e. The number of rotatable bonds is 6. The van der Waals surface area contributed by atoms with Crippen molar-refractivity contribution in [3.8, 4) is 0 Å². The van der Waals surface area contributed by atoms with Gasteiger partial charge in [-0.15, -0.1) is 0 Å². The number of carboxylic acids is 1. The number of benzene rings is 1. The Morgan fingerprint density at radius 3 is 2.50 bits per heavy atom. The number of epoxide rings is 1. The Labute approximate surface area is 107 Å². The highest BCUT2D eigenvalue weighted by Gasteiger charge is 2.58. The minimum absolute atomic E-state index is 0.0156. The second-order valence-electron chi connectivity index (χ2n) is 4.65. The molecule has 0 amide bonds. The summed E-state index contributed by atoms with van der Waals surface area (Å²) < 4.78 is 10.5. The largest absolute Gasteiger partial charge is 0.480 e. The summed E-state index contributed by atoms with van der Waals surface area (Å²) in [6.45, 7) is 2.30. The maximum absolute atomic E-state index is 11.8. The van der Waals surface area contributed by atoms with Crippen LogP contribution < -0.4 is 0 Å². The molecule has 1 aliphatic heterocycles. The van der Waals surface area contributed by atoms with Crippen LogP contribution in [0, 0.1) is 0 Å². The quantitative estimate of drug-likeness (QED) is 0.782. The van der Waals surface area contributed by atoms with Crippen molar-refractivity contribution in [2.45, 2.75) is 31.0 Å². The monoisotopic (exact) mass is 250 g/mol. The average Bonchev–Trinajstić information content (AvgIpc) is 3.09. The van der Waals surface area contributed by atoms with Crippen molar-refractivity contribution in [2.75, 3.05) is 13.7 Å². The van der Waals surface area contributed by atoms with Gasteiger partial charge in [-0.1, -0.05) is 30.3 Å². The van der Waals surface area contributed by atoms with Crippen molar-refractivity contribution in [1.29, 1.82) is 0 Å². The minimum atomic E-state index is -1.00. The van der Waals surface area contributed by atoms with Gasteiger partial charge >= 0.3 is 5.97 Å². The van der Waals surface area contributed by atoms with Crippen LogP contribution in [0.15, 0.2) is 30.3 Å². The van der Waals surface area contributed by atoms with Crippen LogP contribution in [0.5, 0.6) is 0 Å². The molecule has 0 spiro atoms. The van der Waals surface area contributed by atoms with Gasteiger partial charge in [0.1, 0.15) is 11.5 Å². The zero-order chi connectivity index (χ0) is 13.2. The van der Waals surface area contributed by atoms with E-state index in [4.69, 9.17) is 9.47 Å². The number of hydrogen-bond donors (Lipinski definition) is 1. The number of carboxylic acid groups (broad SMARTS) is 1. The van der Waals surface area contributed by atoms with Gasteiger partial charge in [-0.3, -0.25) is 4.79 Å². The van der Waals surface area contributed by atoms with Crippen LogP contribution in [0.25, 0.3) is 0 Å². The van der Waals surface area contributed by atoms with Crippen LogP contribution in [0.3, 0.4) is 0 Å². The fourth-order valence-corrected chi connectivity index (χ4v) is 2.50. The molecule has 0 saturated carbocycles. The molecule has 1 aromatic rings. The molecule has 1 aromatic carbocycles. The Balaban J connectivity index is 2.40. The molecule has 4 heteroatoms. The number of methoxy groups -OCH3 is 1. The van der Waals surface area contributed by atoms with E-state index in [1.54, 1.807) is 7.11 Å². The van der Waals surface area contributed by atoms with Crippen LogP contribution in [0.4, 0.5) is 0 Å². The first kappa shape index (κ1) is 13.1. The van der Waals surface area contributed by atoms with Crippen LogP contribution >= 0.6 is 0 Å². The number of aliphatic carboxylic acids is 1. The van der Waals surface area contributed by atoms with E-state index in [0.29, 0.717) is 13.0 Å². The Kier molecular flexibility index (Phi) is 3.68. The van der Waals surface area contributed by atoms with Crippen LogP contribution in [0.1, 0.15) is 18.9 Å². The molecule has 1 N–H and O–H groups in total. The minimum Gasteiger partial charge on any atom is -0.480 e. The molecular weight excluding hydrogens is 232 g/mol. The Morgan fingerprint density at radius 1 is 1.44 bits per heavy atom. The lowest BCUT2D eigenvalue weighted by molar-refractivity contribution is -0.145. The summed E-state index contributed by atoms with van der Waals surface area (Å²) in [7, 11) is 1.58. The van der Waals surface area contributed by atoms with Crippen molar-refractivity contribution >= 4 is 5.97 Å². The van der Waals surface area contributed by atoms with Crippen LogP contribution in [-0.4, -0.2) is 37.0 Å². The lowest BCUT2D eigenvalue weighted by Gasteiger charge is -2.28. The number of hydrogen-bond acceptors (Lipinski definition) is 3. The van der Waals surface area contributed by atoms with E-state index < -0.39 is 11.4 Å². The van der Waals surface area contributed by atoms with E-state index in [2.05, 4.69) is 0 Å². The third-order valence-electron chi connectivity index (χ3n) is 3.57. The van der Waals surface area contributed by atoms with Crippen molar-refractivity contribution in [1.82, 2.24) is 0 Å². The van der Waals surface area contributed by atoms with Gasteiger partial charge in [0.05, 0.1) is 6.10 Å².